The maximum Gasteiger partial charge on any atom is 0.408 e. The van der Waals surface area contributed by atoms with E-state index in [1.807, 2.05) is 57.3 Å². The van der Waals surface area contributed by atoms with E-state index in [1.54, 1.807) is 0 Å². The Labute approximate surface area is 164 Å². The second-order valence-electron chi connectivity index (χ2n) is 7.98. The van der Waals surface area contributed by atoms with Crippen LogP contribution < -0.4 is 5.32 Å². The highest BCUT2D eigenvalue weighted by Crippen LogP contribution is 2.31. The fourth-order valence-corrected chi connectivity index (χ4v) is 3.49. The minimum absolute atomic E-state index is 0.324. The van der Waals surface area contributed by atoms with E-state index >= 15 is 0 Å². The van der Waals surface area contributed by atoms with E-state index in [4.69, 9.17) is 4.74 Å². The average Bonchev–Trinajstić information content (AvgIpc) is 3.08. The van der Waals surface area contributed by atoms with Crippen molar-refractivity contribution in [3.63, 3.8) is 0 Å². The summed E-state index contributed by atoms with van der Waals surface area (Å²) in [5.74, 6) is 0. The van der Waals surface area contributed by atoms with Crippen LogP contribution in [-0.4, -0.2) is 16.7 Å². The van der Waals surface area contributed by atoms with Crippen LogP contribution in [0.1, 0.15) is 37.9 Å². The van der Waals surface area contributed by atoms with Crippen LogP contribution in [0.2, 0.25) is 0 Å². The quantitative estimate of drug-likeness (QED) is 0.468. The van der Waals surface area contributed by atoms with Crippen molar-refractivity contribution >= 4 is 27.8 Å². The molecule has 4 aromatic rings. The van der Waals surface area contributed by atoms with Crippen molar-refractivity contribution < 1.29 is 9.53 Å². The van der Waals surface area contributed by atoms with Crippen molar-refractivity contribution in [2.75, 3.05) is 0 Å². The smallest absolute Gasteiger partial charge is 0.408 e. The van der Waals surface area contributed by atoms with Crippen LogP contribution in [-0.2, 0) is 4.74 Å². The third-order valence-electron chi connectivity index (χ3n) is 4.70. The van der Waals surface area contributed by atoms with Crippen LogP contribution >= 0.6 is 0 Å². The molecule has 0 aliphatic rings. The number of hydrogen-bond donors (Lipinski definition) is 2. The summed E-state index contributed by atoms with van der Waals surface area (Å²) in [5, 5.41) is 6.45. The molecule has 4 rings (SSSR count). The second-order valence-corrected chi connectivity index (χ2v) is 7.98. The van der Waals surface area contributed by atoms with E-state index in [1.165, 1.54) is 5.39 Å². The van der Waals surface area contributed by atoms with Gasteiger partial charge in [0.1, 0.15) is 5.60 Å². The Hall–Kier alpha value is -3.27. The second kappa shape index (κ2) is 7.04. The normalized spacial score (nSPS) is 12.8. The first-order valence-electron chi connectivity index (χ1n) is 9.45. The first-order valence-corrected chi connectivity index (χ1v) is 9.45. The van der Waals surface area contributed by atoms with Gasteiger partial charge in [0.25, 0.3) is 0 Å². The molecule has 0 saturated carbocycles. The first-order chi connectivity index (χ1) is 13.4. The van der Waals surface area contributed by atoms with Crippen molar-refractivity contribution in [2.45, 2.75) is 32.4 Å². The number of rotatable bonds is 3. The molecule has 142 valence electrons. The number of aromatic nitrogens is 1. The van der Waals surface area contributed by atoms with Crippen LogP contribution in [0.5, 0.6) is 0 Å². The Morgan fingerprint density at radius 1 is 0.964 bits per heavy atom. The van der Waals surface area contributed by atoms with Crippen LogP contribution in [0.4, 0.5) is 4.79 Å². The molecule has 1 amide bonds. The van der Waals surface area contributed by atoms with E-state index in [-0.39, 0.29) is 6.04 Å². The van der Waals surface area contributed by atoms with E-state index in [0.29, 0.717) is 0 Å². The topological polar surface area (TPSA) is 54.1 Å². The molecule has 1 atom stereocenters. The van der Waals surface area contributed by atoms with Gasteiger partial charge in [0.2, 0.25) is 0 Å². The van der Waals surface area contributed by atoms with Gasteiger partial charge in [-0.15, -0.1) is 0 Å². The lowest BCUT2D eigenvalue weighted by atomic mass is 9.96. The summed E-state index contributed by atoms with van der Waals surface area (Å²) >= 11 is 0. The van der Waals surface area contributed by atoms with Gasteiger partial charge < -0.3 is 15.0 Å². The Balaban J connectivity index is 1.79. The van der Waals surface area contributed by atoms with Gasteiger partial charge >= 0.3 is 6.09 Å². The molecule has 0 fully saturated rings. The molecule has 0 saturated heterocycles. The molecule has 2 N–H and O–H groups in total. The third-order valence-corrected chi connectivity index (χ3v) is 4.70. The highest BCUT2D eigenvalue weighted by molar-refractivity contribution is 5.86. The highest BCUT2D eigenvalue weighted by atomic mass is 16.6. The van der Waals surface area contributed by atoms with Gasteiger partial charge in [-0.2, -0.15) is 0 Å². The minimum atomic E-state index is -0.557. The molecule has 3 aromatic carbocycles. The Bertz CT molecular complexity index is 1140. The van der Waals surface area contributed by atoms with Gasteiger partial charge in [0.05, 0.1) is 6.04 Å². The molecule has 1 aromatic heterocycles. The van der Waals surface area contributed by atoms with Crippen molar-refractivity contribution in [1.82, 2.24) is 10.3 Å². The molecule has 1 unspecified atom stereocenters. The lowest BCUT2D eigenvalue weighted by molar-refractivity contribution is 0.0512. The number of fused-ring (bicyclic) bond motifs is 2. The lowest BCUT2D eigenvalue weighted by Crippen LogP contribution is -2.35. The number of para-hydroxylation sites is 1. The van der Waals surface area contributed by atoms with Crippen LogP contribution in [0.15, 0.2) is 72.9 Å². The molecule has 0 aliphatic carbocycles. The number of nitrogens with one attached hydrogen (secondary N) is 2. The standard InChI is InChI=1S/C24H24N2O2/c1-24(2,3)28-23(27)26-22(20-15-25-21-11-7-6-10-19(20)21)18-13-12-16-8-4-5-9-17(16)14-18/h4-15,22,25H,1-3H3,(H,26,27). The molecular formula is C24H24N2O2. The van der Waals surface area contributed by atoms with Gasteiger partial charge in [-0.3, -0.25) is 0 Å². The summed E-state index contributed by atoms with van der Waals surface area (Å²) < 4.78 is 5.53. The Kier molecular flexibility index (Phi) is 4.55. The Morgan fingerprint density at radius 2 is 1.68 bits per heavy atom. The molecule has 4 nitrogen and oxygen atoms in total. The molecule has 1 heterocycles. The minimum Gasteiger partial charge on any atom is -0.444 e. The molecule has 4 heteroatoms. The van der Waals surface area contributed by atoms with Crippen molar-refractivity contribution in [1.29, 1.82) is 0 Å². The van der Waals surface area contributed by atoms with E-state index in [0.717, 1.165) is 27.4 Å². The number of H-pyrrole nitrogens is 1. The molecule has 28 heavy (non-hydrogen) atoms. The fraction of sp³-hybridized carbons (Fsp3) is 0.208. The predicted molar refractivity (Wildman–Crippen MR) is 113 cm³/mol. The third kappa shape index (κ3) is 3.72. The Morgan fingerprint density at radius 3 is 2.46 bits per heavy atom. The van der Waals surface area contributed by atoms with Crippen LogP contribution in [0.3, 0.4) is 0 Å². The molecule has 0 aliphatic heterocycles. The number of carbonyl (C=O) groups excluding carboxylic acids is 1. The zero-order valence-electron chi connectivity index (χ0n) is 16.3. The number of hydrogen-bond acceptors (Lipinski definition) is 2. The fourth-order valence-electron chi connectivity index (χ4n) is 3.49. The number of ether oxygens (including phenoxy) is 1. The first kappa shape index (κ1) is 18.1. The number of carbonyl (C=O) groups is 1. The summed E-state index contributed by atoms with van der Waals surface area (Å²) in [4.78, 5) is 15.9. The highest BCUT2D eigenvalue weighted by Gasteiger charge is 2.24. The van der Waals surface area contributed by atoms with Gasteiger partial charge in [-0.25, -0.2) is 4.79 Å². The summed E-state index contributed by atoms with van der Waals surface area (Å²) in [7, 11) is 0. The zero-order chi connectivity index (χ0) is 19.7. The van der Waals surface area contributed by atoms with E-state index in [2.05, 4.69) is 46.7 Å². The molecule has 0 spiro atoms. The zero-order valence-corrected chi connectivity index (χ0v) is 16.3. The van der Waals surface area contributed by atoms with Crippen LogP contribution in [0, 0.1) is 0 Å². The van der Waals surface area contributed by atoms with Crippen LogP contribution in [0.25, 0.3) is 21.7 Å². The van der Waals surface area contributed by atoms with Crippen molar-refractivity contribution in [3.8, 4) is 0 Å². The van der Waals surface area contributed by atoms with Gasteiger partial charge in [0.15, 0.2) is 0 Å². The monoisotopic (exact) mass is 372 g/mol. The molecule has 0 bridgehead atoms. The summed E-state index contributed by atoms with van der Waals surface area (Å²) in [6, 6.07) is 22.3. The molecule has 0 radical (unpaired) electrons. The predicted octanol–water partition coefficient (Wildman–Crippen LogP) is 5.94. The number of amides is 1. The largest absolute Gasteiger partial charge is 0.444 e. The summed E-state index contributed by atoms with van der Waals surface area (Å²) in [6.07, 6.45) is 1.53. The maximum atomic E-state index is 12.6. The lowest BCUT2D eigenvalue weighted by Gasteiger charge is -2.24. The number of benzene rings is 3. The number of alkyl carbamates (subject to hydrolysis) is 1. The van der Waals surface area contributed by atoms with Crippen molar-refractivity contribution in [3.05, 3.63) is 84.1 Å². The van der Waals surface area contributed by atoms with E-state index < -0.39 is 11.7 Å². The van der Waals surface area contributed by atoms with Gasteiger partial charge in [-0.1, -0.05) is 54.6 Å². The summed E-state index contributed by atoms with van der Waals surface area (Å²) in [6.45, 7) is 5.59. The summed E-state index contributed by atoms with van der Waals surface area (Å²) in [5.41, 5.74) is 2.50. The average molecular weight is 372 g/mol. The maximum absolute atomic E-state index is 12.6. The molecular weight excluding hydrogens is 348 g/mol. The van der Waals surface area contributed by atoms with Crippen molar-refractivity contribution in [2.24, 2.45) is 0 Å². The van der Waals surface area contributed by atoms with Gasteiger partial charge in [-0.05, 0) is 49.2 Å². The van der Waals surface area contributed by atoms with E-state index in [9.17, 15) is 4.79 Å². The number of aromatic amines is 1. The SMILES string of the molecule is CC(C)(C)OC(=O)NC(c1ccc2ccccc2c1)c1c[nH]c2ccccc12. The van der Waals surface area contributed by atoms with Gasteiger partial charge in [0, 0.05) is 22.7 Å².